The van der Waals surface area contributed by atoms with Crippen LogP contribution in [-0.2, 0) is 4.79 Å². The second kappa shape index (κ2) is 10.3. The number of carbonyl (C=O) groups excluding carboxylic acids is 2. The number of anilines is 1. The number of nitrogens with one attached hydrogen (secondary N) is 2. The van der Waals surface area contributed by atoms with Gasteiger partial charge in [-0.25, -0.2) is 0 Å². The van der Waals surface area contributed by atoms with Gasteiger partial charge in [-0.2, -0.15) is 0 Å². The third-order valence-electron chi connectivity index (χ3n) is 4.40. The minimum absolute atomic E-state index is 0.0519. The SMILES string of the molecule is CC[C@@H](C)NC(=O)c1ccccc1NC(=O)[C@@H](CC)Oc1cccc(OC)c1. The third kappa shape index (κ3) is 5.74. The molecule has 28 heavy (non-hydrogen) atoms. The van der Waals surface area contributed by atoms with E-state index in [1.54, 1.807) is 55.6 Å². The highest BCUT2D eigenvalue weighted by Crippen LogP contribution is 2.22. The molecule has 0 heterocycles. The first-order valence-corrected chi connectivity index (χ1v) is 9.49. The number of hydrogen-bond donors (Lipinski definition) is 2. The molecule has 0 saturated carbocycles. The van der Waals surface area contributed by atoms with Crippen molar-refractivity contribution in [3.63, 3.8) is 0 Å². The highest BCUT2D eigenvalue weighted by molar-refractivity contribution is 6.04. The van der Waals surface area contributed by atoms with Crippen molar-refractivity contribution in [3.8, 4) is 11.5 Å². The molecule has 0 unspecified atom stereocenters. The molecule has 0 fully saturated rings. The standard InChI is InChI=1S/C22H28N2O4/c1-5-15(3)23-21(25)18-12-7-8-13-19(18)24-22(26)20(6-2)28-17-11-9-10-16(14-17)27-4/h7-15,20H,5-6H2,1-4H3,(H,23,25)(H,24,26)/t15-,20-/m1/s1. The van der Waals surface area contributed by atoms with E-state index in [1.807, 2.05) is 20.8 Å². The average molecular weight is 384 g/mol. The van der Waals surface area contributed by atoms with Crippen molar-refractivity contribution in [2.75, 3.05) is 12.4 Å². The van der Waals surface area contributed by atoms with E-state index >= 15 is 0 Å². The maximum Gasteiger partial charge on any atom is 0.265 e. The van der Waals surface area contributed by atoms with Crippen molar-refractivity contribution in [3.05, 3.63) is 54.1 Å². The molecule has 0 aromatic heterocycles. The number of amides is 2. The molecular formula is C22H28N2O4. The van der Waals surface area contributed by atoms with Crippen molar-refractivity contribution in [1.82, 2.24) is 5.32 Å². The molecule has 150 valence electrons. The van der Waals surface area contributed by atoms with Crippen LogP contribution >= 0.6 is 0 Å². The number of carbonyl (C=O) groups is 2. The van der Waals surface area contributed by atoms with Crippen LogP contribution in [0, 0.1) is 0 Å². The Bertz CT molecular complexity index is 807. The molecule has 6 nitrogen and oxygen atoms in total. The smallest absolute Gasteiger partial charge is 0.265 e. The van der Waals surface area contributed by atoms with E-state index < -0.39 is 6.10 Å². The van der Waals surface area contributed by atoms with Gasteiger partial charge in [0.05, 0.1) is 18.4 Å². The Morgan fingerprint density at radius 2 is 1.71 bits per heavy atom. The number of ether oxygens (including phenoxy) is 2. The largest absolute Gasteiger partial charge is 0.497 e. The molecule has 0 aliphatic rings. The molecule has 0 aliphatic heterocycles. The zero-order valence-corrected chi connectivity index (χ0v) is 16.8. The summed E-state index contributed by atoms with van der Waals surface area (Å²) < 4.78 is 11.0. The zero-order chi connectivity index (χ0) is 20.5. The second-order valence-electron chi connectivity index (χ2n) is 6.51. The Morgan fingerprint density at radius 3 is 2.39 bits per heavy atom. The van der Waals surface area contributed by atoms with E-state index in [2.05, 4.69) is 10.6 Å². The van der Waals surface area contributed by atoms with Crippen molar-refractivity contribution in [1.29, 1.82) is 0 Å². The van der Waals surface area contributed by atoms with Gasteiger partial charge in [-0.3, -0.25) is 9.59 Å². The van der Waals surface area contributed by atoms with E-state index in [0.29, 0.717) is 29.2 Å². The summed E-state index contributed by atoms with van der Waals surface area (Å²) in [6, 6.07) is 14.1. The molecule has 2 N–H and O–H groups in total. The van der Waals surface area contributed by atoms with E-state index in [9.17, 15) is 9.59 Å². The lowest BCUT2D eigenvalue weighted by Gasteiger charge is -2.19. The van der Waals surface area contributed by atoms with Gasteiger partial charge < -0.3 is 20.1 Å². The predicted octanol–water partition coefficient (Wildman–Crippen LogP) is 4.02. The van der Waals surface area contributed by atoms with Gasteiger partial charge in [0.15, 0.2) is 6.10 Å². The van der Waals surface area contributed by atoms with E-state index in [0.717, 1.165) is 6.42 Å². The van der Waals surface area contributed by atoms with Crippen LogP contribution in [0.1, 0.15) is 44.0 Å². The predicted molar refractivity (Wildman–Crippen MR) is 110 cm³/mol. The molecule has 2 amide bonds. The molecule has 0 aliphatic carbocycles. The fraction of sp³-hybridized carbons (Fsp3) is 0.364. The Labute approximate surface area is 166 Å². The van der Waals surface area contributed by atoms with Gasteiger partial charge in [-0.1, -0.05) is 32.0 Å². The quantitative estimate of drug-likeness (QED) is 0.685. The minimum atomic E-state index is -0.696. The minimum Gasteiger partial charge on any atom is -0.497 e. The monoisotopic (exact) mass is 384 g/mol. The van der Waals surface area contributed by atoms with Crippen LogP contribution in [0.25, 0.3) is 0 Å². The van der Waals surface area contributed by atoms with Crippen LogP contribution in [0.2, 0.25) is 0 Å². The van der Waals surface area contributed by atoms with Crippen molar-refractivity contribution >= 4 is 17.5 Å². The first kappa shape index (κ1) is 21.3. The molecule has 2 aromatic rings. The maximum atomic E-state index is 12.8. The van der Waals surface area contributed by atoms with Crippen LogP contribution in [0.3, 0.4) is 0 Å². The highest BCUT2D eigenvalue weighted by atomic mass is 16.5. The summed E-state index contributed by atoms with van der Waals surface area (Å²) in [5, 5.41) is 5.75. The lowest BCUT2D eigenvalue weighted by atomic mass is 10.1. The van der Waals surface area contributed by atoms with Crippen LogP contribution in [0.15, 0.2) is 48.5 Å². The van der Waals surface area contributed by atoms with Crippen LogP contribution in [0.5, 0.6) is 11.5 Å². The second-order valence-corrected chi connectivity index (χ2v) is 6.51. The summed E-state index contributed by atoms with van der Waals surface area (Å²) >= 11 is 0. The number of hydrogen-bond acceptors (Lipinski definition) is 4. The zero-order valence-electron chi connectivity index (χ0n) is 16.8. The first-order chi connectivity index (χ1) is 13.5. The normalized spacial score (nSPS) is 12.6. The Balaban J connectivity index is 2.13. The van der Waals surface area contributed by atoms with Gasteiger partial charge in [-0.15, -0.1) is 0 Å². The van der Waals surface area contributed by atoms with Gasteiger partial charge in [0.25, 0.3) is 11.8 Å². The van der Waals surface area contributed by atoms with Gasteiger partial charge in [0.1, 0.15) is 11.5 Å². The average Bonchev–Trinajstić information content (AvgIpc) is 2.72. The van der Waals surface area contributed by atoms with Crippen LogP contribution in [-0.4, -0.2) is 31.1 Å². The van der Waals surface area contributed by atoms with E-state index in [1.165, 1.54) is 0 Å². The van der Waals surface area contributed by atoms with E-state index in [-0.39, 0.29) is 17.9 Å². The summed E-state index contributed by atoms with van der Waals surface area (Å²) in [5.74, 6) is 0.671. The third-order valence-corrected chi connectivity index (χ3v) is 4.40. The summed E-state index contributed by atoms with van der Waals surface area (Å²) in [6.07, 6.45) is 0.606. The Morgan fingerprint density at radius 1 is 1.00 bits per heavy atom. The van der Waals surface area contributed by atoms with E-state index in [4.69, 9.17) is 9.47 Å². The fourth-order valence-corrected chi connectivity index (χ4v) is 2.57. The molecule has 0 radical (unpaired) electrons. The summed E-state index contributed by atoms with van der Waals surface area (Å²) in [4.78, 5) is 25.3. The summed E-state index contributed by atoms with van der Waals surface area (Å²) in [5.41, 5.74) is 0.883. The summed E-state index contributed by atoms with van der Waals surface area (Å²) in [7, 11) is 1.57. The molecule has 0 bridgehead atoms. The lowest BCUT2D eigenvalue weighted by Crippen LogP contribution is -2.35. The maximum absolute atomic E-state index is 12.8. The number of benzene rings is 2. The molecule has 2 aromatic carbocycles. The molecule has 2 atom stereocenters. The molecule has 2 rings (SSSR count). The topological polar surface area (TPSA) is 76.7 Å². The number of methoxy groups -OCH3 is 1. The Kier molecular flexibility index (Phi) is 7.87. The van der Waals surface area contributed by atoms with Crippen molar-refractivity contribution in [2.45, 2.75) is 45.8 Å². The van der Waals surface area contributed by atoms with Gasteiger partial charge in [0, 0.05) is 12.1 Å². The fourth-order valence-electron chi connectivity index (χ4n) is 2.57. The van der Waals surface area contributed by atoms with Crippen LogP contribution < -0.4 is 20.1 Å². The van der Waals surface area contributed by atoms with Gasteiger partial charge in [0.2, 0.25) is 0 Å². The van der Waals surface area contributed by atoms with Gasteiger partial charge in [-0.05, 0) is 44.0 Å². The first-order valence-electron chi connectivity index (χ1n) is 9.49. The van der Waals surface area contributed by atoms with Crippen LogP contribution in [0.4, 0.5) is 5.69 Å². The van der Waals surface area contributed by atoms with Gasteiger partial charge >= 0.3 is 0 Å². The number of rotatable bonds is 9. The molecule has 0 saturated heterocycles. The number of para-hydroxylation sites is 1. The lowest BCUT2D eigenvalue weighted by molar-refractivity contribution is -0.122. The Hall–Kier alpha value is -3.02. The highest BCUT2D eigenvalue weighted by Gasteiger charge is 2.21. The van der Waals surface area contributed by atoms with Crippen molar-refractivity contribution < 1.29 is 19.1 Å². The molecule has 6 heteroatoms. The summed E-state index contributed by atoms with van der Waals surface area (Å²) in [6.45, 7) is 5.81. The molecule has 0 spiro atoms. The molecular weight excluding hydrogens is 356 g/mol. The van der Waals surface area contributed by atoms with Crippen molar-refractivity contribution in [2.24, 2.45) is 0 Å².